The predicted molar refractivity (Wildman–Crippen MR) is 78.0 cm³/mol. The monoisotopic (exact) mass is 274 g/mol. The molecule has 20 heavy (non-hydrogen) atoms. The van der Waals surface area contributed by atoms with Crippen LogP contribution in [0.5, 0.6) is 0 Å². The molecule has 0 bridgehead atoms. The summed E-state index contributed by atoms with van der Waals surface area (Å²) in [7, 11) is 0. The van der Waals surface area contributed by atoms with Gasteiger partial charge in [-0.05, 0) is 23.5 Å². The van der Waals surface area contributed by atoms with Crippen LogP contribution in [-0.2, 0) is 9.59 Å². The second-order valence-electron chi connectivity index (χ2n) is 5.68. The second-order valence-corrected chi connectivity index (χ2v) is 5.68. The third-order valence-electron chi connectivity index (χ3n) is 3.79. The molecule has 0 radical (unpaired) electrons. The predicted octanol–water partition coefficient (Wildman–Crippen LogP) is 2.35. The molecule has 4 heteroatoms. The number of likely N-dealkylation sites (tertiary alicyclic amines) is 1. The van der Waals surface area contributed by atoms with Crippen molar-refractivity contribution in [2.75, 3.05) is 6.54 Å². The van der Waals surface area contributed by atoms with Crippen LogP contribution in [0.1, 0.15) is 56.2 Å². The smallest absolute Gasteiger partial charge is 0.229 e. The first-order chi connectivity index (χ1) is 9.49. The minimum atomic E-state index is -0.317. The molecule has 0 aliphatic carbocycles. The Bertz CT molecular complexity index is 478. The average molecular weight is 274 g/mol. The summed E-state index contributed by atoms with van der Waals surface area (Å²) in [4.78, 5) is 24.8. The molecule has 0 aromatic heterocycles. The molecule has 0 saturated carbocycles. The Labute approximate surface area is 119 Å². The number of hydrogen-bond donors (Lipinski definition) is 1. The maximum atomic E-state index is 11.8. The number of carbonyl (C=O) groups excluding carboxylic acids is 2. The molecular weight excluding hydrogens is 252 g/mol. The number of benzene rings is 1. The lowest BCUT2D eigenvalue weighted by Gasteiger charge is -2.27. The van der Waals surface area contributed by atoms with Crippen molar-refractivity contribution in [1.29, 1.82) is 0 Å². The average Bonchev–Trinajstić information content (AvgIpc) is 2.43. The van der Waals surface area contributed by atoms with E-state index in [-0.39, 0.29) is 24.4 Å². The molecule has 1 saturated heterocycles. The second kappa shape index (κ2) is 6.18. The quantitative estimate of drug-likeness (QED) is 0.857. The summed E-state index contributed by atoms with van der Waals surface area (Å²) in [6.45, 7) is 4.55. The fourth-order valence-electron chi connectivity index (χ4n) is 2.43. The van der Waals surface area contributed by atoms with Crippen LogP contribution >= 0.6 is 0 Å². The molecule has 0 spiro atoms. The van der Waals surface area contributed by atoms with Gasteiger partial charge in [-0.2, -0.15) is 0 Å². The van der Waals surface area contributed by atoms with Crippen molar-refractivity contribution in [2.24, 2.45) is 5.73 Å². The van der Waals surface area contributed by atoms with E-state index in [1.807, 2.05) is 12.1 Å². The molecule has 1 fully saturated rings. The first-order valence-corrected chi connectivity index (χ1v) is 7.17. The highest BCUT2D eigenvalue weighted by molar-refractivity contribution is 5.97. The van der Waals surface area contributed by atoms with Crippen LogP contribution in [-0.4, -0.2) is 23.3 Å². The van der Waals surface area contributed by atoms with Crippen molar-refractivity contribution in [3.8, 4) is 0 Å². The van der Waals surface area contributed by atoms with Gasteiger partial charge in [0.25, 0.3) is 0 Å². The highest BCUT2D eigenvalue weighted by Gasteiger charge is 2.27. The van der Waals surface area contributed by atoms with Gasteiger partial charge in [0.1, 0.15) is 0 Å². The molecule has 1 aliphatic rings. The molecule has 1 heterocycles. The molecule has 1 unspecified atom stereocenters. The van der Waals surface area contributed by atoms with E-state index in [0.717, 1.165) is 5.56 Å². The van der Waals surface area contributed by atoms with Gasteiger partial charge in [-0.15, -0.1) is 0 Å². The van der Waals surface area contributed by atoms with E-state index < -0.39 is 0 Å². The number of nitrogens with two attached hydrogens (primary N) is 1. The molecular formula is C16H22N2O2. The Morgan fingerprint density at radius 2 is 1.55 bits per heavy atom. The fraction of sp³-hybridized carbons (Fsp3) is 0.500. The van der Waals surface area contributed by atoms with E-state index in [1.54, 1.807) is 0 Å². The van der Waals surface area contributed by atoms with Crippen molar-refractivity contribution in [3.05, 3.63) is 35.4 Å². The Kier molecular flexibility index (Phi) is 4.55. The van der Waals surface area contributed by atoms with Crippen LogP contribution in [0, 0.1) is 0 Å². The summed E-state index contributed by atoms with van der Waals surface area (Å²) < 4.78 is 0. The number of nitrogens with zero attached hydrogens (tertiary/aromatic N) is 1. The maximum Gasteiger partial charge on any atom is 0.229 e. The number of imide groups is 1. The highest BCUT2D eigenvalue weighted by Crippen LogP contribution is 2.20. The largest absolute Gasteiger partial charge is 0.322 e. The normalized spacial score (nSPS) is 17.7. The standard InChI is InChI=1S/C16H22N2O2/c1-11(2)12-6-8-13(9-7-12)14(17)10-18-15(19)4-3-5-16(18)20/h6-9,11,14H,3-5,10,17H2,1-2H3. The summed E-state index contributed by atoms with van der Waals surface area (Å²) in [6, 6.07) is 7.76. The van der Waals surface area contributed by atoms with Crippen molar-refractivity contribution in [2.45, 2.75) is 45.1 Å². The van der Waals surface area contributed by atoms with Crippen molar-refractivity contribution in [1.82, 2.24) is 4.90 Å². The molecule has 108 valence electrons. The van der Waals surface area contributed by atoms with E-state index in [0.29, 0.717) is 25.2 Å². The Morgan fingerprint density at radius 3 is 2.05 bits per heavy atom. The fourth-order valence-corrected chi connectivity index (χ4v) is 2.43. The Hall–Kier alpha value is -1.68. The minimum absolute atomic E-state index is 0.101. The highest BCUT2D eigenvalue weighted by atomic mass is 16.2. The van der Waals surface area contributed by atoms with Gasteiger partial charge in [0.15, 0.2) is 0 Å². The lowest BCUT2D eigenvalue weighted by atomic mass is 9.98. The third kappa shape index (κ3) is 3.25. The Morgan fingerprint density at radius 1 is 1.05 bits per heavy atom. The summed E-state index contributed by atoms with van der Waals surface area (Å²) in [5.74, 6) is 0.275. The van der Waals surface area contributed by atoms with E-state index >= 15 is 0 Å². The van der Waals surface area contributed by atoms with Crippen LogP contribution in [0.25, 0.3) is 0 Å². The van der Waals surface area contributed by atoms with Crippen molar-refractivity contribution < 1.29 is 9.59 Å². The van der Waals surface area contributed by atoms with Gasteiger partial charge in [-0.1, -0.05) is 38.1 Å². The zero-order valence-corrected chi connectivity index (χ0v) is 12.1. The van der Waals surface area contributed by atoms with Crippen molar-refractivity contribution >= 4 is 11.8 Å². The molecule has 2 amide bonds. The SMILES string of the molecule is CC(C)c1ccc(C(N)CN2C(=O)CCCC2=O)cc1. The van der Waals surface area contributed by atoms with E-state index in [2.05, 4.69) is 26.0 Å². The van der Waals surface area contributed by atoms with Crippen LogP contribution in [0.15, 0.2) is 24.3 Å². The van der Waals surface area contributed by atoms with Gasteiger partial charge in [0, 0.05) is 25.4 Å². The first-order valence-electron chi connectivity index (χ1n) is 7.17. The van der Waals surface area contributed by atoms with E-state index in [1.165, 1.54) is 10.5 Å². The van der Waals surface area contributed by atoms with E-state index in [9.17, 15) is 9.59 Å². The summed E-state index contributed by atoms with van der Waals surface area (Å²) in [5.41, 5.74) is 8.34. The Balaban J connectivity index is 2.05. The van der Waals surface area contributed by atoms with E-state index in [4.69, 9.17) is 5.73 Å². The summed E-state index contributed by atoms with van der Waals surface area (Å²) in [6.07, 6.45) is 1.56. The van der Waals surface area contributed by atoms with Gasteiger partial charge in [0.05, 0.1) is 0 Å². The number of piperidine rings is 1. The molecule has 1 atom stereocenters. The van der Waals surface area contributed by atoms with Crippen LogP contribution < -0.4 is 5.73 Å². The number of amides is 2. The van der Waals surface area contributed by atoms with Gasteiger partial charge in [0.2, 0.25) is 11.8 Å². The zero-order valence-electron chi connectivity index (χ0n) is 12.1. The lowest BCUT2D eigenvalue weighted by Crippen LogP contribution is -2.43. The van der Waals surface area contributed by atoms with Gasteiger partial charge in [-0.25, -0.2) is 0 Å². The molecule has 1 aliphatic heterocycles. The molecule has 1 aromatic rings. The van der Waals surface area contributed by atoms with Crippen molar-refractivity contribution in [3.63, 3.8) is 0 Å². The van der Waals surface area contributed by atoms with Crippen LogP contribution in [0.3, 0.4) is 0 Å². The maximum absolute atomic E-state index is 11.8. The molecule has 4 nitrogen and oxygen atoms in total. The zero-order chi connectivity index (χ0) is 14.7. The van der Waals surface area contributed by atoms with Crippen LogP contribution in [0.2, 0.25) is 0 Å². The molecule has 1 aromatic carbocycles. The van der Waals surface area contributed by atoms with Gasteiger partial charge >= 0.3 is 0 Å². The van der Waals surface area contributed by atoms with Gasteiger partial charge in [-0.3, -0.25) is 14.5 Å². The summed E-state index contributed by atoms with van der Waals surface area (Å²) in [5, 5.41) is 0. The van der Waals surface area contributed by atoms with Gasteiger partial charge < -0.3 is 5.73 Å². The third-order valence-corrected chi connectivity index (χ3v) is 3.79. The molecule has 2 rings (SSSR count). The number of rotatable bonds is 4. The van der Waals surface area contributed by atoms with Crippen LogP contribution in [0.4, 0.5) is 0 Å². The summed E-state index contributed by atoms with van der Waals surface area (Å²) >= 11 is 0. The number of hydrogen-bond acceptors (Lipinski definition) is 3. The first kappa shape index (κ1) is 14.7. The minimum Gasteiger partial charge on any atom is -0.322 e. The topological polar surface area (TPSA) is 63.4 Å². The number of carbonyl (C=O) groups is 2. The lowest BCUT2D eigenvalue weighted by molar-refractivity contribution is -0.148. The molecule has 2 N–H and O–H groups in total.